The van der Waals surface area contributed by atoms with E-state index in [0.29, 0.717) is 0 Å². The number of hydrogen-bond donors (Lipinski definition) is 2. The van der Waals surface area contributed by atoms with E-state index in [2.05, 4.69) is 25.3 Å². The Hall–Kier alpha value is 0.420. The maximum absolute atomic E-state index is 8.05. The summed E-state index contributed by atoms with van der Waals surface area (Å²) in [7, 11) is 0. The molecule has 0 saturated carbocycles. The Morgan fingerprint density at radius 1 is 1.00 bits per heavy atom. The van der Waals surface area contributed by atoms with Crippen LogP contribution < -0.4 is 0 Å². The molecule has 2 nitrogen and oxygen atoms in total. The molecule has 0 fully saturated rings. The van der Waals surface area contributed by atoms with Crippen LogP contribution in [0.4, 0.5) is 0 Å². The molecule has 0 aliphatic rings. The molecule has 0 unspecified atom stereocenters. The third-order valence-electron chi connectivity index (χ3n) is 0.436. The molecule has 0 aromatic heterocycles. The zero-order valence-electron chi connectivity index (χ0n) is 3.79. The topological polar surface area (TPSA) is 47.6 Å². The summed E-state index contributed by atoms with van der Waals surface area (Å²) in [6, 6.07) is 3.32. The molecular formula is C4H3N2NaS2. The van der Waals surface area contributed by atoms with Crippen LogP contribution in [-0.2, 0) is 0 Å². The van der Waals surface area contributed by atoms with Gasteiger partial charge in [0.15, 0.2) is 0 Å². The minimum atomic E-state index is 0. The van der Waals surface area contributed by atoms with Gasteiger partial charge in [-0.2, -0.15) is 10.5 Å². The van der Waals surface area contributed by atoms with Gasteiger partial charge in [-0.1, -0.05) is 0 Å². The SMILES string of the molecule is N#C/C(S)=C(/S)C#N.[NaH]. The standard InChI is InChI=1S/C4H2N2S2.Na.H/c5-1-3(7)4(8)2-6;;/h7-8H;;/b4-3-;;. The van der Waals surface area contributed by atoms with Crippen LogP contribution in [-0.4, -0.2) is 29.6 Å². The monoisotopic (exact) mass is 166 g/mol. The van der Waals surface area contributed by atoms with Gasteiger partial charge in [-0.05, 0) is 0 Å². The van der Waals surface area contributed by atoms with Crippen LogP contribution in [0.3, 0.4) is 0 Å². The van der Waals surface area contributed by atoms with Gasteiger partial charge in [0.25, 0.3) is 0 Å². The molecular weight excluding hydrogens is 163 g/mol. The van der Waals surface area contributed by atoms with Crippen molar-refractivity contribution < 1.29 is 0 Å². The van der Waals surface area contributed by atoms with Crippen molar-refractivity contribution in [3.8, 4) is 12.1 Å². The first-order chi connectivity index (χ1) is 3.72. The van der Waals surface area contributed by atoms with E-state index in [1.54, 1.807) is 12.1 Å². The fraction of sp³-hybridized carbons (Fsp3) is 0. The van der Waals surface area contributed by atoms with E-state index in [1.165, 1.54) is 0 Å². The Balaban J connectivity index is 0. The Bertz CT molecular complexity index is 176. The first-order valence-electron chi connectivity index (χ1n) is 1.64. The number of thiol groups is 2. The zero-order valence-corrected chi connectivity index (χ0v) is 5.58. The molecule has 0 aromatic rings. The van der Waals surface area contributed by atoms with E-state index in [0.717, 1.165) is 0 Å². The summed E-state index contributed by atoms with van der Waals surface area (Å²) in [5.74, 6) is 0. The van der Waals surface area contributed by atoms with Crippen LogP contribution in [0.5, 0.6) is 0 Å². The summed E-state index contributed by atoms with van der Waals surface area (Å²) in [5.41, 5.74) is 0. The third-order valence-corrected chi connectivity index (χ3v) is 1.26. The molecule has 0 aliphatic heterocycles. The van der Waals surface area contributed by atoms with Gasteiger partial charge in [0.05, 0.1) is 0 Å². The van der Waals surface area contributed by atoms with Crippen LogP contribution in [0.2, 0.25) is 0 Å². The third kappa shape index (κ3) is 4.90. The van der Waals surface area contributed by atoms with Gasteiger partial charge < -0.3 is 0 Å². The van der Waals surface area contributed by atoms with Gasteiger partial charge in [0, 0.05) is 0 Å². The Kier molecular flexibility index (Phi) is 8.81. The van der Waals surface area contributed by atoms with Crippen molar-refractivity contribution in [2.24, 2.45) is 0 Å². The van der Waals surface area contributed by atoms with E-state index >= 15 is 0 Å². The van der Waals surface area contributed by atoms with Gasteiger partial charge in [0.1, 0.15) is 21.9 Å². The second-order valence-corrected chi connectivity index (χ2v) is 1.82. The van der Waals surface area contributed by atoms with Gasteiger partial charge >= 0.3 is 29.6 Å². The van der Waals surface area contributed by atoms with Crippen molar-refractivity contribution in [1.82, 2.24) is 0 Å². The number of nitriles is 2. The summed E-state index contributed by atoms with van der Waals surface area (Å²) in [5, 5.41) is 16.1. The maximum atomic E-state index is 8.05. The quantitative estimate of drug-likeness (QED) is 0.312. The average Bonchev–Trinajstić information content (AvgIpc) is 1.84. The Labute approximate surface area is 86.7 Å². The second kappa shape index (κ2) is 6.54. The van der Waals surface area contributed by atoms with Gasteiger partial charge in [-0.3, -0.25) is 0 Å². The molecule has 0 atom stereocenters. The van der Waals surface area contributed by atoms with Crippen molar-refractivity contribution in [3.63, 3.8) is 0 Å². The number of allylic oxidation sites excluding steroid dienone is 2. The fourth-order valence-corrected chi connectivity index (χ4v) is 0.206. The van der Waals surface area contributed by atoms with Crippen molar-refractivity contribution in [2.75, 3.05) is 0 Å². The molecule has 0 rings (SSSR count). The van der Waals surface area contributed by atoms with Crippen LogP contribution in [0.1, 0.15) is 0 Å². The molecule has 0 N–H and O–H groups in total. The van der Waals surface area contributed by atoms with Gasteiger partial charge in [0.2, 0.25) is 0 Å². The van der Waals surface area contributed by atoms with Gasteiger partial charge in [-0.25, -0.2) is 0 Å². The molecule has 9 heavy (non-hydrogen) atoms. The van der Waals surface area contributed by atoms with Crippen LogP contribution in [0.15, 0.2) is 9.81 Å². The molecule has 42 valence electrons. The number of nitrogens with zero attached hydrogens (tertiary/aromatic N) is 2. The minimum absolute atomic E-state index is 0. The van der Waals surface area contributed by atoms with E-state index in [-0.39, 0.29) is 39.4 Å². The number of hydrogen-bond acceptors (Lipinski definition) is 4. The summed E-state index contributed by atoms with van der Waals surface area (Å²) in [6.07, 6.45) is 0. The molecule has 5 heteroatoms. The molecule has 0 saturated heterocycles. The summed E-state index contributed by atoms with van der Waals surface area (Å²) < 4.78 is 0. The second-order valence-electron chi connectivity index (χ2n) is 0.921. The molecule has 0 amide bonds. The Morgan fingerprint density at radius 3 is 1.33 bits per heavy atom. The zero-order chi connectivity index (χ0) is 6.57. The average molecular weight is 166 g/mol. The van der Waals surface area contributed by atoms with E-state index in [1.807, 2.05) is 0 Å². The van der Waals surface area contributed by atoms with Crippen molar-refractivity contribution in [2.45, 2.75) is 0 Å². The molecule has 0 spiro atoms. The summed E-state index contributed by atoms with van der Waals surface area (Å²) in [4.78, 5) is 0.103. The molecule has 0 heterocycles. The van der Waals surface area contributed by atoms with Crippen LogP contribution in [0.25, 0.3) is 0 Å². The molecule has 0 aliphatic carbocycles. The summed E-state index contributed by atoms with van der Waals surface area (Å²) in [6.45, 7) is 0. The van der Waals surface area contributed by atoms with Crippen LogP contribution >= 0.6 is 25.3 Å². The van der Waals surface area contributed by atoms with Crippen molar-refractivity contribution in [1.29, 1.82) is 10.5 Å². The van der Waals surface area contributed by atoms with Crippen molar-refractivity contribution >= 4 is 54.8 Å². The van der Waals surface area contributed by atoms with E-state index < -0.39 is 0 Å². The van der Waals surface area contributed by atoms with Gasteiger partial charge in [-0.15, -0.1) is 25.3 Å². The molecule has 0 aromatic carbocycles. The van der Waals surface area contributed by atoms with Crippen LogP contribution in [0, 0.1) is 22.7 Å². The Morgan fingerprint density at radius 2 is 1.22 bits per heavy atom. The first-order valence-corrected chi connectivity index (χ1v) is 2.54. The predicted octanol–water partition coefficient (Wildman–Crippen LogP) is 0.456. The molecule has 0 radical (unpaired) electrons. The normalized spacial score (nSPS) is 9.78. The first kappa shape index (κ1) is 12.1. The fourth-order valence-electron chi connectivity index (χ4n) is 0.106. The summed E-state index contributed by atoms with van der Waals surface area (Å²) >= 11 is 7.25. The molecule has 0 bridgehead atoms. The van der Waals surface area contributed by atoms with Crippen molar-refractivity contribution in [3.05, 3.63) is 9.81 Å². The van der Waals surface area contributed by atoms with E-state index in [9.17, 15) is 0 Å². The number of rotatable bonds is 0. The van der Waals surface area contributed by atoms with E-state index in [4.69, 9.17) is 10.5 Å². The predicted molar refractivity (Wildman–Crippen MR) is 43.4 cm³/mol.